The normalized spacial score (nSPS) is 26.7. The van der Waals surface area contributed by atoms with Gasteiger partial charge in [-0.3, -0.25) is 14.2 Å². The Kier molecular flexibility index (Phi) is 15.8. The molecule has 0 aromatic rings. The summed E-state index contributed by atoms with van der Waals surface area (Å²) in [6, 6.07) is 0. The summed E-state index contributed by atoms with van der Waals surface area (Å²) in [5.74, 6) is -3.65. The third-order valence-electron chi connectivity index (χ3n) is 6.31. The molecule has 12 heteroatoms. The van der Waals surface area contributed by atoms with Crippen molar-refractivity contribution in [3.8, 4) is 0 Å². The molecule has 0 heterocycles. The van der Waals surface area contributed by atoms with E-state index in [0.29, 0.717) is 12.8 Å². The minimum absolute atomic E-state index is 0. The predicted octanol–water partition coefficient (Wildman–Crippen LogP) is 6.82. The summed E-state index contributed by atoms with van der Waals surface area (Å²) in [6.07, 6.45) is -58.3. The zero-order chi connectivity index (χ0) is 65.3. The number of hydrogen-bond donors (Lipinski definition) is 2. The fourth-order valence-corrected chi connectivity index (χ4v) is 4.55. The molecule has 0 fully saturated rings. The Morgan fingerprint density at radius 3 is 1.79 bits per heavy atom. The van der Waals surface area contributed by atoms with Gasteiger partial charge in [0.25, 0.3) is 7.82 Å². The van der Waals surface area contributed by atoms with Crippen LogP contribution in [0.15, 0.2) is 12.2 Å². The minimum atomic E-state index is -5.47. The van der Waals surface area contributed by atoms with Crippen molar-refractivity contribution in [2.45, 2.75) is 205 Å². The largest absolute Gasteiger partial charge is 1.00 e. The maximum atomic E-state index is 13.4. The van der Waals surface area contributed by atoms with Gasteiger partial charge in [0, 0.05) is 55.3 Å². The second kappa shape index (κ2) is 40.4. The first-order valence-electron chi connectivity index (χ1n) is 32.3. The number of hydrogen-bond acceptors (Lipinski definition) is 10. The number of carbonyl (C=O) groups is 2. The maximum absolute atomic E-state index is 13.4. The topological polar surface area (TPSA) is 152 Å². The third kappa shape index (κ3) is 39.4. The summed E-state index contributed by atoms with van der Waals surface area (Å²) in [7, 11) is -5.47. The van der Waals surface area contributed by atoms with Gasteiger partial charge in [0.15, 0.2) is 6.10 Å². The summed E-state index contributed by atoms with van der Waals surface area (Å²) in [5, 5.41) is 18.4. The van der Waals surface area contributed by atoms with E-state index in [0.717, 1.165) is 38.5 Å². The summed E-state index contributed by atoms with van der Waals surface area (Å²) >= 11 is 0. The monoisotopic (exact) mass is 802 g/mol. The van der Waals surface area contributed by atoms with Gasteiger partial charge in [0.1, 0.15) is 12.7 Å². The van der Waals surface area contributed by atoms with E-state index < -0.39 is 154 Å². The number of aliphatic hydroxyl groups is 2. The van der Waals surface area contributed by atoms with Crippen molar-refractivity contribution in [2.75, 3.05) is 26.4 Å². The molecular formula is C40H76NaO10P. The number of esters is 2. The molecule has 52 heavy (non-hydrogen) atoms. The van der Waals surface area contributed by atoms with Crippen LogP contribution in [0.25, 0.3) is 0 Å². The third-order valence-corrected chi connectivity index (χ3v) is 7.24. The average molecular weight is 802 g/mol. The Morgan fingerprint density at radius 1 is 0.731 bits per heavy atom. The molecule has 0 amide bonds. The van der Waals surface area contributed by atoms with E-state index >= 15 is 0 Å². The van der Waals surface area contributed by atoms with Gasteiger partial charge in [-0.1, -0.05) is 154 Å². The Hall–Kier alpha value is -0.290. The van der Waals surface area contributed by atoms with Gasteiger partial charge < -0.3 is 33.6 Å². The van der Waals surface area contributed by atoms with Gasteiger partial charge in [-0.2, -0.15) is 0 Å². The molecule has 0 aliphatic heterocycles. The summed E-state index contributed by atoms with van der Waals surface area (Å²) in [6.45, 7) is -6.85. The smallest absolute Gasteiger partial charge is 0.756 e. The molecule has 302 valence electrons. The van der Waals surface area contributed by atoms with Crippen LogP contribution in [0.3, 0.4) is 0 Å². The van der Waals surface area contributed by atoms with Gasteiger partial charge >= 0.3 is 41.5 Å². The Labute approximate surface area is 383 Å². The molecule has 0 rings (SSSR count). The van der Waals surface area contributed by atoms with Crippen LogP contribution in [0, 0.1) is 0 Å². The predicted molar refractivity (Wildman–Crippen MR) is 203 cm³/mol. The fourth-order valence-electron chi connectivity index (χ4n) is 3.77. The summed E-state index contributed by atoms with van der Waals surface area (Å²) < 4.78 is 285. The van der Waals surface area contributed by atoms with Gasteiger partial charge in [0.2, 0.25) is 0 Å². The minimum Gasteiger partial charge on any atom is -0.756 e. The number of rotatable bonds is 39. The van der Waals surface area contributed by atoms with E-state index in [4.69, 9.17) is 57.1 Å². The van der Waals surface area contributed by atoms with Crippen molar-refractivity contribution >= 4 is 19.8 Å². The first kappa shape index (κ1) is 20.4. The van der Waals surface area contributed by atoms with Crippen LogP contribution in [0.2, 0.25) is 0 Å². The molecule has 0 aromatic carbocycles. The van der Waals surface area contributed by atoms with E-state index in [-0.39, 0.29) is 42.4 Å². The number of unbranched alkanes of at least 4 members (excludes halogenated alkanes) is 11. The summed E-state index contributed by atoms with van der Waals surface area (Å²) in [4.78, 5) is 38.6. The Balaban J connectivity index is 0. The van der Waals surface area contributed by atoms with Crippen LogP contribution in [0.1, 0.15) is 235 Å². The van der Waals surface area contributed by atoms with Crippen molar-refractivity contribution in [3.63, 3.8) is 0 Å². The standard InChI is InChI=1S/C40H77O10P.Na/c1-3-5-7-9-11-13-15-17-18-20-22-24-26-28-30-32-40(44)50-38(36-49-51(45,46)48-34-37(42)33-41)35-47-39(43)31-29-27-25-23-21-19-16-14-12-10-8-6-4-2;/h17-18,37-38,41-42H,3-16,19-36H2,1-2H3,(H,45,46);/q;+1/p-1/t37?,38-;/m1./s1/i2D3,4D2,6D2,8D2,10D2,12D2,14D2,16D2,19D2,21D2,23D2,25D2,27D2,29D2,31D2;. The zero-order valence-electron chi connectivity index (χ0n) is 61.1. The van der Waals surface area contributed by atoms with E-state index in [9.17, 15) is 24.2 Å². The van der Waals surface area contributed by atoms with Crippen LogP contribution < -0.4 is 34.5 Å². The molecule has 0 bridgehead atoms. The van der Waals surface area contributed by atoms with Crippen molar-refractivity contribution in [3.05, 3.63) is 12.2 Å². The van der Waals surface area contributed by atoms with Crippen LogP contribution in [-0.4, -0.2) is 60.8 Å². The Bertz CT molecular complexity index is 2130. The molecule has 2 N–H and O–H groups in total. The molecule has 0 radical (unpaired) electrons. The van der Waals surface area contributed by atoms with Crippen LogP contribution in [0.5, 0.6) is 0 Å². The number of carbonyl (C=O) groups excluding carboxylic acids is 2. The number of phosphoric acid groups is 1. The SMILES string of the molecule is [2H]C([2H])([2H])C([2H])([2H])C([2H])([2H])C([2H])([2H])C([2H])([2H])C([2H])([2H])C([2H])([2H])C([2H])([2H])C([2H])([2H])C([2H])([2H])C([2H])([2H])C([2H])([2H])C([2H])([2H])C([2H])([2H])C([2H])([2H])C(=O)OC[C@H](COP(=O)([O-])OCC(O)CO)OC(=O)CCCCCCCC=CCCCCCCCC.[Na+]. The molecule has 3 atom stereocenters. The van der Waals surface area contributed by atoms with Crippen LogP contribution in [-0.2, 0) is 32.7 Å². The molecule has 2 unspecified atom stereocenters. The van der Waals surface area contributed by atoms with Crippen molar-refractivity contribution < 1.29 is 120 Å². The van der Waals surface area contributed by atoms with Gasteiger partial charge in [-0.05, 0) is 38.5 Å². The van der Waals surface area contributed by atoms with Gasteiger partial charge in [0.05, 0.1) is 19.8 Å². The molecule has 10 nitrogen and oxygen atoms in total. The number of allylic oxidation sites excluding steroid dienone is 2. The second-order valence-corrected chi connectivity index (χ2v) is 12.1. The van der Waals surface area contributed by atoms with E-state index in [1.54, 1.807) is 0 Å². The van der Waals surface area contributed by atoms with Crippen LogP contribution >= 0.6 is 7.82 Å². The molecule has 0 spiro atoms. The number of ether oxygens (including phenoxy) is 2. The number of aliphatic hydroxyl groups excluding tert-OH is 2. The first-order chi connectivity index (χ1) is 36.4. The van der Waals surface area contributed by atoms with Gasteiger partial charge in [-0.15, -0.1) is 0 Å². The van der Waals surface area contributed by atoms with E-state index in [1.807, 2.05) is 0 Å². The molecule has 0 saturated carbocycles. The molecule has 0 aromatic heterocycles. The molecular weight excluding hydrogens is 694 g/mol. The van der Waals surface area contributed by atoms with Crippen molar-refractivity contribution in [1.29, 1.82) is 0 Å². The quantitative estimate of drug-likeness (QED) is 0.0223. The maximum Gasteiger partial charge on any atom is 1.00 e. The fraction of sp³-hybridized carbons (Fsp3) is 0.900. The van der Waals surface area contributed by atoms with Crippen LogP contribution in [0.4, 0.5) is 0 Å². The van der Waals surface area contributed by atoms with E-state index in [2.05, 4.69) is 28.1 Å². The summed E-state index contributed by atoms with van der Waals surface area (Å²) in [5.41, 5.74) is 0. The van der Waals surface area contributed by atoms with Gasteiger partial charge in [-0.25, -0.2) is 0 Å². The zero-order valence-corrected chi connectivity index (χ0v) is 33.0. The number of phosphoric ester groups is 1. The van der Waals surface area contributed by atoms with Crippen molar-refractivity contribution in [2.24, 2.45) is 0 Å². The molecule has 0 saturated heterocycles. The van der Waals surface area contributed by atoms with Crippen molar-refractivity contribution in [1.82, 2.24) is 0 Å². The van der Waals surface area contributed by atoms with E-state index in [1.165, 1.54) is 25.7 Å². The molecule has 0 aliphatic carbocycles. The Morgan fingerprint density at radius 2 is 1.23 bits per heavy atom. The molecule has 0 aliphatic rings. The first-order valence-corrected chi connectivity index (χ1v) is 18.3. The average Bonchev–Trinajstić information content (AvgIpc) is 3.33. The second-order valence-electron chi connectivity index (χ2n) is 10.7.